The van der Waals surface area contributed by atoms with Crippen LogP contribution in [0.25, 0.3) is 0 Å². The van der Waals surface area contributed by atoms with Crippen molar-refractivity contribution in [1.29, 1.82) is 0 Å². The van der Waals surface area contributed by atoms with Gasteiger partial charge in [-0.2, -0.15) is 0 Å². The van der Waals surface area contributed by atoms with Crippen LogP contribution in [0.15, 0.2) is 35.3 Å². The molecule has 9 heteroatoms. The van der Waals surface area contributed by atoms with Gasteiger partial charge < -0.3 is 15.4 Å². The Hall–Kier alpha value is -1.07. The van der Waals surface area contributed by atoms with Crippen molar-refractivity contribution in [3.05, 3.63) is 30.3 Å². The normalized spacial score (nSPS) is 11.5. The summed E-state index contributed by atoms with van der Waals surface area (Å²) in [4.78, 5) is 4.12. The summed E-state index contributed by atoms with van der Waals surface area (Å²) in [7, 11) is -1.40. The first-order chi connectivity index (χ1) is 11.6. The van der Waals surface area contributed by atoms with Crippen molar-refractivity contribution in [2.24, 2.45) is 4.99 Å². The van der Waals surface area contributed by atoms with Crippen LogP contribution in [0.4, 0.5) is 0 Å². The molecule has 0 aliphatic rings. The lowest BCUT2D eigenvalue weighted by molar-refractivity contribution is 0.311. The number of sulfonamides is 1. The predicted molar refractivity (Wildman–Crippen MR) is 113 cm³/mol. The molecule has 0 aromatic heterocycles. The third-order valence-electron chi connectivity index (χ3n) is 3.20. The van der Waals surface area contributed by atoms with E-state index in [2.05, 4.69) is 20.3 Å². The number of para-hydroxylation sites is 1. The molecule has 0 radical (unpaired) electrons. The fourth-order valence-corrected chi connectivity index (χ4v) is 2.49. The first-order valence-electron chi connectivity index (χ1n) is 8.17. The molecular formula is C16H29IN4O3S. The van der Waals surface area contributed by atoms with Crippen LogP contribution in [-0.2, 0) is 10.0 Å². The Morgan fingerprint density at radius 1 is 1.08 bits per heavy atom. The standard InChI is InChI=1S/C16H28N4O3S.HI/c1-3-24(21,22)20-13-7-11-18-16(17-2)19-12-8-14-23-15-9-5-4-6-10-15;/h4-6,9-10,20H,3,7-8,11-14H2,1-2H3,(H2,17,18,19);1H. The summed E-state index contributed by atoms with van der Waals surface area (Å²) in [6, 6.07) is 9.71. The fourth-order valence-electron chi connectivity index (χ4n) is 1.83. The van der Waals surface area contributed by atoms with Gasteiger partial charge in [-0.3, -0.25) is 4.99 Å². The second-order valence-corrected chi connectivity index (χ2v) is 7.19. The maximum Gasteiger partial charge on any atom is 0.211 e. The fraction of sp³-hybridized carbons (Fsp3) is 0.562. The van der Waals surface area contributed by atoms with Crippen LogP contribution in [0.2, 0.25) is 0 Å². The van der Waals surface area contributed by atoms with E-state index in [1.54, 1.807) is 14.0 Å². The van der Waals surface area contributed by atoms with Gasteiger partial charge in [0.2, 0.25) is 10.0 Å². The quantitative estimate of drug-likeness (QED) is 0.192. The zero-order valence-electron chi connectivity index (χ0n) is 14.8. The van der Waals surface area contributed by atoms with Crippen LogP contribution < -0.4 is 20.1 Å². The number of aliphatic imine (C=N–C) groups is 1. The molecule has 0 unspecified atom stereocenters. The summed E-state index contributed by atoms with van der Waals surface area (Å²) in [6.07, 6.45) is 1.54. The molecule has 3 N–H and O–H groups in total. The van der Waals surface area contributed by atoms with Gasteiger partial charge in [0.1, 0.15) is 5.75 Å². The van der Waals surface area contributed by atoms with Crippen LogP contribution in [0.3, 0.4) is 0 Å². The Bertz CT molecular complexity index is 582. The zero-order valence-corrected chi connectivity index (χ0v) is 18.0. The lowest BCUT2D eigenvalue weighted by Crippen LogP contribution is -2.39. The first-order valence-corrected chi connectivity index (χ1v) is 9.82. The largest absolute Gasteiger partial charge is 0.494 e. The van der Waals surface area contributed by atoms with E-state index in [4.69, 9.17) is 4.74 Å². The monoisotopic (exact) mass is 484 g/mol. The van der Waals surface area contributed by atoms with Gasteiger partial charge in [0, 0.05) is 26.7 Å². The highest BCUT2D eigenvalue weighted by atomic mass is 127. The molecule has 1 aromatic carbocycles. The predicted octanol–water partition coefficient (Wildman–Crippen LogP) is 1.57. The minimum absolute atomic E-state index is 0. The molecule has 0 spiro atoms. The van der Waals surface area contributed by atoms with Gasteiger partial charge in [0.25, 0.3) is 0 Å². The third kappa shape index (κ3) is 12.0. The number of nitrogens with zero attached hydrogens (tertiary/aromatic N) is 1. The van der Waals surface area contributed by atoms with Gasteiger partial charge in [0.15, 0.2) is 5.96 Å². The summed E-state index contributed by atoms with van der Waals surface area (Å²) in [5.74, 6) is 1.68. The maximum atomic E-state index is 11.3. The lowest BCUT2D eigenvalue weighted by Gasteiger charge is -2.12. The first kappa shape index (κ1) is 23.9. The molecule has 7 nitrogen and oxygen atoms in total. The Labute approximate surface area is 168 Å². The SMILES string of the molecule is CCS(=O)(=O)NCCCNC(=NC)NCCCOc1ccccc1.I. The van der Waals surface area contributed by atoms with E-state index in [1.807, 2.05) is 30.3 Å². The van der Waals surface area contributed by atoms with E-state index in [0.717, 1.165) is 18.7 Å². The summed E-state index contributed by atoms with van der Waals surface area (Å²) >= 11 is 0. The Kier molecular flexibility index (Phi) is 13.5. The minimum Gasteiger partial charge on any atom is -0.494 e. The molecule has 0 bridgehead atoms. The number of guanidine groups is 1. The molecule has 0 atom stereocenters. The Morgan fingerprint density at radius 3 is 2.32 bits per heavy atom. The molecule has 0 heterocycles. The molecular weight excluding hydrogens is 455 g/mol. The van der Waals surface area contributed by atoms with Gasteiger partial charge >= 0.3 is 0 Å². The van der Waals surface area contributed by atoms with Crippen molar-refractivity contribution in [2.75, 3.05) is 39.0 Å². The number of halogens is 1. The molecule has 0 saturated heterocycles. The zero-order chi connectivity index (χ0) is 17.7. The summed E-state index contributed by atoms with van der Waals surface area (Å²) in [5.41, 5.74) is 0. The van der Waals surface area contributed by atoms with E-state index >= 15 is 0 Å². The summed E-state index contributed by atoms with van der Waals surface area (Å²) in [6.45, 7) is 4.06. The number of rotatable bonds is 11. The minimum atomic E-state index is -3.11. The number of ether oxygens (including phenoxy) is 1. The second kappa shape index (κ2) is 14.1. The highest BCUT2D eigenvalue weighted by Gasteiger charge is 2.04. The van der Waals surface area contributed by atoms with Crippen molar-refractivity contribution < 1.29 is 13.2 Å². The van der Waals surface area contributed by atoms with Crippen molar-refractivity contribution in [2.45, 2.75) is 19.8 Å². The average Bonchev–Trinajstić information content (AvgIpc) is 2.60. The number of benzene rings is 1. The maximum absolute atomic E-state index is 11.3. The summed E-state index contributed by atoms with van der Waals surface area (Å²) in [5, 5.41) is 6.34. The van der Waals surface area contributed by atoms with E-state index in [0.29, 0.717) is 32.1 Å². The molecule has 0 saturated carbocycles. The van der Waals surface area contributed by atoms with Crippen molar-refractivity contribution >= 4 is 40.0 Å². The molecule has 0 amide bonds. The van der Waals surface area contributed by atoms with Crippen LogP contribution in [0.1, 0.15) is 19.8 Å². The molecule has 0 fully saturated rings. The van der Waals surface area contributed by atoms with Crippen LogP contribution >= 0.6 is 24.0 Å². The Balaban J connectivity index is 0.00000576. The number of hydrogen-bond donors (Lipinski definition) is 3. The molecule has 1 rings (SSSR count). The van der Waals surface area contributed by atoms with Crippen molar-refractivity contribution in [1.82, 2.24) is 15.4 Å². The van der Waals surface area contributed by atoms with Crippen LogP contribution in [-0.4, -0.2) is 53.4 Å². The molecule has 0 aliphatic carbocycles. The molecule has 1 aromatic rings. The van der Waals surface area contributed by atoms with Gasteiger partial charge in [0.05, 0.1) is 12.4 Å². The van der Waals surface area contributed by atoms with E-state index in [9.17, 15) is 8.42 Å². The van der Waals surface area contributed by atoms with Crippen LogP contribution in [0.5, 0.6) is 5.75 Å². The smallest absolute Gasteiger partial charge is 0.211 e. The lowest BCUT2D eigenvalue weighted by atomic mass is 10.3. The average molecular weight is 484 g/mol. The topological polar surface area (TPSA) is 91.8 Å². The summed E-state index contributed by atoms with van der Waals surface area (Å²) < 4.78 is 30.7. The van der Waals surface area contributed by atoms with E-state index in [1.165, 1.54) is 0 Å². The van der Waals surface area contributed by atoms with Crippen molar-refractivity contribution in [3.63, 3.8) is 0 Å². The van der Waals surface area contributed by atoms with Gasteiger partial charge in [-0.05, 0) is 31.9 Å². The number of nitrogens with one attached hydrogen (secondary N) is 3. The van der Waals surface area contributed by atoms with Crippen LogP contribution in [0, 0.1) is 0 Å². The van der Waals surface area contributed by atoms with Gasteiger partial charge in [-0.15, -0.1) is 24.0 Å². The van der Waals surface area contributed by atoms with Crippen molar-refractivity contribution in [3.8, 4) is 5.75 Å². The second-order valence-electron chi connectivity index (χ2n) is 5.09. The third-order valence-corrected chi connectivity index (χ3v) is 4.60. The van der Waals surface area contributed by atoms with E-state index < -0.39 is 10.0 Å². The van der Waals surface area contributed by atoms with E-state index in [-0.39, 0.29) is 29.7 Å². The van der Waals surface area contributed by atoms with Gasteiger partial charge in [-0.25, -0.2) is 13.1 Å². The highest BCUT2D eigenvalue weighted by molar-refractivity contribution is 14.0. The molecule has 0 aliphatic heterocycles. The Morgan fingerprint density at radius 2 is 1.72 bits per heavy atom. The van der Waals surface area contributed by atoms with Gasteiger partial charge in [-0.1, -0.05) is 18.2 Å². The molecule has 144 valence electrons. The highest BCUT2D eigenvalue weighted by Crippen LogP contribution is 2.07. The number of hydrogen-bond acceptors (Lipinski definition) is 4. The molecule has 25 heavy (non-hydrogen) atoms.